The van der Waals surface area contributed by atoms with Gasteiger partial charge in [0.15, 0.2) is 0 Å². The van der Waals surface area contributed by atoms with E-state index in [2.05, 4.69) is 22.3 Å². The molecule has 1 unspecified atom stereocenters. The molecule has 1 fully saturated rings. The predicted molar refractivity (Wildman–Crippen MR) is 96.8 cm³/mol. The second-order valence-corrected chi connectivity index (χ2v) is 9.39. The second kappa shape index (κ2) is 7.72. The Balaban J connectivity index is 1.68. The van der Waals surface area contributed by atoms with E-state index in [1.54, 1.807) is 15.6 Å². The molecule has 5 nitrogen and oxygen atoms in total. The number of rotatable bonds is 6. The first-order chi connectivity index (χ1) is 11.6. The summed E-state index contributed by atoms with van der Waals surface area (Å²) in [5.74, 6) is 0.405. The summed E-state index contributed by atoms with van der Waals surface area (Å²) in [6.07, 6.45) is 3.31. The summed E-state index contributed by atoms with van der Waals surface area (Å²) in [5.41, 5.74) is 1.22. The third-order valence-electron chi connectivity index (χ3n) is 4.27. The summed E-state index contributed by atoms with van der Waals surface area (Å²) in [6.45, 7) is 3.08. The molecule has 0 N–H and O–H groups in total. The summed E-state index contributed by atoms with van der Waals surface area (Å²) in [5, 5.41) is 10.6. The molecular formula is C17H23N3O2S2. The van der Waals surface area contributed by atoms with E-state index >= 15 is 0 Å². The molecule has 130 valence electrons. The van der Waals surface area contributed by atoms with E-state index in [4.69, 9.17) is 0 Å². The minimum atomic E-state index is -3.13. The van der Waals surface area contributed by atoms with Crippen LogP contribution < -0.4 is 0 Å². The van der Waals surface area contributed by atoms with E-state index in [0.717, 1.165) is 29.3 Å². The summed E-state index contributed by atoms with van der Waals surface area (Å²) >= 11 is 1.62. The van der Waals surface area contributed by atoms with Crippen LogP contribution in [0.4, 0.5) is 0 Å². The molecule has 2 heterocycles. The van der Waals surface area contributed by atoms with Gasteiger partial charge in [-0.2, -0.15) is 0 Å². The van der Waals surface area contributed by atoms with Gasteiger partial charge in [-0.15, -0.1) is 21.5 Å². The van der Waals surface area contributed by atoms with Crippen molar-refractivity contribution in [3.8, 4) is 0 Å². The molecular weight excluding hydrogens is 342 g/mol. The lowest BCUT2D eigenvalue weighted by Crippen LogP contribution is -2.40. The Labute approximate surface area is 147 Å². The number of nitrogens with zero attached hydrogens (tertiary/aromatic N) is 3. The van der Waals surface area contributed by atoms with Crippen LogP contribution >= 0.6 is 11.3 Å². The molecule has 0 radical (unpaired) electrons. The van der Waals surface area contributed by atoms with Gasteiger partial charge in [0.25, 0.3) is 0 Å². The Hall–Kier alpha value is -1.31. The van der Waals surface area contributed by atoms with Crippen molar-refractivity contribution >= 4 is 21.4 Å². The van der Waals surface area contributed by atoms with Crippen molar-refractivity contribution in [2.75, 3.05) is 18.8 Å². The Morgan fingerprint density at radius 2 is 2.04 bits per heavy atom. The lowest BCUT2D eigenvalue weighted by molar-refractivity contribution is 0.314. The predicted octanol–water partition coefficient (Wildman–Crippen LogP) is 3.05. The molecule has 2 aromatic rings. The van der Waals surface area contributed by atoms with E-state index < -0.39 is 10.0 Å². The highest BCUT2D eigenvalue weighted by molar-refractivity contribution is 7.89. The first kappa shape index (κ1) is 17.5. The van der Waals surface area contributed by atoms with Gasteiger partial charge in [0, 0.05) is 25.4 Å². The highest BCUT2D eigenvalue weighted by Crippen LogP contribution is 2.31. The van der Waals surface area contributed by atoms with Crippen LogP contribution in [-0.4, -0.2) is 41.8 Å². The molecule has 1 atom stereocenters. The lowest BCUT2D eigenvalue weighted by Gasteiger charge is -2.30. The van der Waals surface area contributed by atoms with Crippen LogP contribution in [0.1, 0.15) is 47.7 Å². The number of aromatic nitrogens is 2. The van der Waals surface area contributed by atoms with Crippen molar-refractivity contribution in [1.82, 2.24) is 14.5 Å². The standard InChI is InChI=1S/C17H23N3O2S2/c1-2-11-24(21,22)20-10-6-9-15(13-20)17-19-18-16(23-17)12-14-7-4-3-5-8-14/h3-5,7-8,15H,2,6,9-13H2,1H3. The SMILES string of the molecule is CCCS(=O)(=O)N1CCCC(c2nnc(Cc3ccccc3)s2)C1. The average molecular weight is 366 g/mol. The topological polar surface area (TPSA) is 63.2 Å². The fourth-order valence-corrected chi connectivity index (χ4v) is 5.65. The van der Waals surface area contributed by atoms with Crippen molar-refractivity contribution in [2.24, 2.45) is 0 Å². The summed E-state index contributed by atoms with van der Waals surface area (Å²) in [4.78, 5) is 0. The van der Waals surface area contributed by atoms with E-state index in [9.17, 15) is 8.42 Å². The molecule has 24 heavy (non-hydrogen) atoms. The van der Waals surface area contributed by atoms with Crippen molar-refractivity contribution < 1.29 is 8.42 Å². The van der Waals surface area contributed by atoms with Crippen molar-refractivity contribution in [1.29, 1.82) is 0 Å². The molecule has 1 saturated heterocycles. The highest BCUT2D eigenvalue weighted by atomic mass is 32.2. The number of sulfonamides is 1. The number of piperidine rings is 1. The first-order valence-corrected chi connectivity index (χ1v) is 10.8. The largest absolute Gasteiger partial charge is 0.214 e. The molecule has 3 rings (SSSR count). The van der Waals surface area contributed by atoms with E-state index in [-0.39, 0.29) is 11.7 Å². The van der Waals surface area contributed by atoms with Crippen molar-refractivity contribution in [2.45, 2.75) is 38.5 Å². The van der Waals surface area contributed by atoms with Crippen LogP contribution in [0.3, 0.4) is 0 Å². The Morgan fingerprint density at radius 3 is 2.79 bits per heavy atom. The second-order valence-electron chi connectivity index (χ2n) is 6.21. The monoisotopic (exact) mass is 365 g/mol. The molecule has 0 amide bonds. The maximum atomic E-state index is 12.3. The molecule has 1 aliphatic heterocycles. The summed E-state index contributed by atoms with van der Waals surface area (Å²) in [7, 11) is -3.13. The molecule has 1 aromatic heterocycles. The van der Waals surface area contributed by atoms with Crippen LogP contribution in [0.15, 0.2) is 30.3 Å². The average Bonchev–Trinajstić information content (AvgIpc) is 3.04. The van der Waals surface area contributed by atoms with Gasteiger partial charge in [0.2, 0.25) is 10.0 Å². The zero-order valence-electron chi connectivity index (χ0n) is 13.9. The smallest absolute Gasteiger partial charge is 0.212 e. The van der Waals surface area contributed by atoms with Gasteiger partial charge in [0.05, 0.1) is 5.75 Å². The molecule has 1 aliphatic rings. The van der Waals surface area contributed by atoms with Gasteiger partial charge in [0.1, 0.15) is 10.0 Å². The Bertz CT molecular complexity index is 759. The quantitative estimate of drug-likeness (QED) is 0.789. The minimum Gasteiger partial charge on any atom is -0.212 e. The van der Waals surface area contributed by atoms with Crippen LogP contribution in [-0.2, 0) is 16.4 Å². The molecule has 7 heteroatoms. The van der Waals surface area contributed by atoms with E-state index in [1.165, 1.54) is 5.56 Å². The summed E-state index contributed by atoms with van der Waals surface area (Å²) in [6, 6.07) is 10.2. The zero-order chi connectivity index (χ0) is 17.0. The van der Waals surface area contributed by atoms with E-state index in [1.807, 2.05) is 25.1 Å². The molecule has 0 bridgehead atoms. The zero-order valence-corrected chi connectivity index (χ0v) is 15.5. The van der Waals surface area contributed by atoms with E-state index in [0.29, 0.717) is 19.5 Å². The molecule has 1 aromatic carbocycles. The first-order valence-electron chi connectivity index (χ1n) is 8.42. The highest BCUT2D eigenvalue weighted by Gasteiger charge is 2.30. The Morgan fingerprint density at radius 1 is 1.25 bits per heavy atom. The van der Waals surface area contributed by atoms with Crippen LogP contribution in [0.5, 0.6) is 0 Å². The van der Waals surface area contributed by atoms with Gasteiger partial charge in [-0.25, -0.2) is 12.7 Å². The molecule has 0 spiro atoms. The van der Waals surface area contributed by atoms with Crippen molar-refractivity contribution in [3.05, 3.63) is 45.9 Å². The number of hydrogen-bond acceptors (Lipinski definition) is 5. The van der Waals surface area contributed by atoms with Gasteiger partial charge in [-0.3, -0.25) is 0 Å². The maximum Gasteiger partial charge on any atom is 0.214 e. The molecule has 0 saturated carbocycles. The van der Waals surface area contributed by atoms with Gasteiger partial charge in [-0.1, -0.05) is 37.3 Å². The third-order valence-corrected chi connectivity index (χ3v) is 7.40. The van der Waals surface area contributed by atoms with Crippen LogP contribution in [0.25, 0.3) is 0 Å². The molecule has 0 aliphatic carbocycles. The normalized spacial score (nSPS) is 19.5. The van der Waals surface area contributed by atoms with Gasteiger partial charge < -0.3 is 0 Å². The van der Waals surface area contributed by atoms with Crippen LogP contribution in [0.2, 0.25) is 0 Å². The fourth-order valence-electron chi connectivity index (χ4n) is 3.06. The number of hydrogen-bond donors (Lipinski definition) is 0. The minimum absolute atomic E-state index is 0.174. The van der Waals surface area contributed by atoms with Gasteiger partial charge >= 0.3 is 0 Å². The Kier molecular flexibility index (Phi) is 5.63. The fraction of sp³-hybridized carbons (Fsp3) is 0.529. The van der Waals surface area contributed by atoms with Gasteiger partial charge in [-0.05, 0) is 24.8 Å². The van der Waals surface area contributed by atoms with Crippen LogP contribution in [0, 0.1) is 0 Å². The maximum absolute atomic E-state index is 12.3. The number of benzene rings is 1. The lowest BCUT2D eigenvalue weighted by atomic mass is 10.0. The summed E-state index contributed by atoms with van der Waals surface area (Å²) < 4.78 is 26.2. The van der Waals surface area contributed by atoms with Crippen molar-refractivity contribution in [3.63, 3.8) is 0 Å². The third kappa shape index (κ3) is 4.20.